The van der Waals surface area contributed by atoms with Gasteiger partial charge < -0.3 is 30.5 Å². The van der Waals surface area contributed by atoms with E-state index in [0.29, 0.717) is 11.3 Å². The number of aryl methyl sites for hydroxylation is 1. The Morgan fingerprint density at radius 1 is 1.26 bits per heavy atom. The Morgan fingerprint density at radius 2 is 1.84 bits per heavy atom. The second-order valence-electron chi connectivity index (χ2n) is 4.50. The van der Waals surface area contributed by atoms with Crippen molar-refractivity contribution in [1.82, 2.24) is 4.98 Å². The van der Waals surface area contributed by atoms with Crippen LogP contribution in [0.25, 0.3) is 0 Å². The van der Waals surface area contributed by atoms with Crippen molar-refractivity contribution in [3.63, 3.8) is 0 Å². The zero-order valence-corrected chi connectivity index (χ0v) is 10.7. The molecule has 0 fully saturated rings. The third-order valence-electron chi connectivity index (χ3n) is 2.99. The van der Waals surface area contributed by atoms with E-state index >= 15 is 0 Å². The summed E-state index contributed by atoms with van der Waals surface area (Å²) in [6.45, 7) is 2.26. The number of aliphatic hydroxyl groups is 5. The molecule has 1 aromatic rings. The second-order valence-corrected chi connectivity index (χ2v) is 4.50. The van der Waals surface area contributed by atoms with Gasteiger partial charge in [0.05, 0.1) is 6.61 Å². The monoisotopic (exact) mass is 273 g/mol. The van der Waals surface area contributed by atoms with Gasteiger partial charge in [0.15, 0.2) is 5.78 Å². The van der Waals surface area contributed by atoms with Gasteiger partial charge in [-0.05, 0) is 19.9 Å². The maximum atomic E-state index is 11.3. The summed E-state index contributed by atoms with van der Waals surface area (Å²) in [5.41, 5.74) is 1.06. The fraction of sp³-hybridized carbons (Fsp3) is 0.583. The molecule has 0 aliphatic carbocycles. The first kappa shape index (κ1) is 15.8. The largest absolute Gasteiger partial charge is 0.394 e. The Bertz CT molecular complexity index is 443. The van der Waals surface area contributed by atoms with E-state index in [0.717, 1.165) is 0 Å². The van der Waals surface area contributed by atoms with Gasteiger partial charge in [-0.2, -0.15) is 0 Å². The lowest BCUT2D eigenvalue weighted by atomic mass is 10.0. The molecular weight excluding hydrogens is 254 g/mol. The predicted octanol–water partition coefficient (Wildman–Crippen LogP) is -1.37. The van der Waals surface area contributed by atoms with Gasteiger partial charge in [0.1, 0.15) is 24.4 Å². The van der Waals surface area contributed by atoms with Crippen molar-refractivity contribution in [2.45, 2.75) is 38.3 Å². The summed E-state index contributed by atoms with van der Waals surface area (Å²) in [6, 6.07) is 1.38. The summed E-state index contributed by atoms with van der Waals surface area (Å²) in [5.74, 6) is -0.197. The van der Waals surface area contributed by atoms with Crippen LogP contribution >= 0.6 is 0 Å². The van der Waals surface area contributed by atoms with Gasteiger partial charge in [-0.15, -0.1) is 0 Å². The first-order valence-electron chi connectivity index (χ1n) is 5.83. The first-order chi connectivity index (χ1) is 8.79. The highest BCUT2D eigenvalue weighted by molar-refractivity contribution is 5.95. The fourth-order valence-electron chi connectivity index (χ4n) is 1.82. The summed E-state index contributed by atoms with van der Waals surface area (Å²) >= 11 is 0. The van der Waals surface area contributed by atoms with Crippen molar-refractivity contribution in [3.8, 4) is 0 Å². The molecule has 6 N–H and O–H groups in total. The molecule has 0 aliphatic rings. The van der Waals surface area contributed by atoms with Crippen LogP contribution in [0.4, 0.5) is 0 Å². The third kappa shape index (κ3) is 3.40. The van der Waals surface area contributed by atoms with Crippen LogP contribution in [0.5, 0.6) is 0 Å². The van der Waals surface area contributed by atoms with Crippen molar-refractivity contribution in [2.24, 2.45) is 0 Å². The standard InChI is InChI=1S/C12H19NO6/c1-5-7(6(2)15)3-8(13-5)10(17)12(19)11(18)9(16)4-14/h3,9-14,16-19H,4H2,1-2H3. The molecule has 0 aromatic carbocycles. The van der Waals surface area contributed by atoms with E-state index in [4.69, 9.17) is 5.11 Å². The molecule has 1 rings (SSSR count). The predicted molar refractivity (Wildman–Crippen MR) is 65.6 cm³/mol. The normalized spacial score (nSPS) is 17.8. The van der Waals surface area contributed by atoms with E-state index in [1.165, 1.54) is 13.0 Å². The molecule has 19 heavy (non-hydrogen) atoms. The Labute approximate surface area is 110 Å². The van der Waals surface area contributed by atoms with E-state index in [1.807, 2.05) is 0 Å². The highest BCUT2D eigenvalue weighted by atomic mass is 16.4. The molecule has 4 unspecified atom stereocenters. The van der Waals surface area contributed by atoms with Crippen LogP contribution in [0.15, 0.2) is 6.07 Å². The molecule has 7 nitrogen and oxygen atoms in total. The van der Waals surface area contributed by atoms with E-state index in [-0.39, 0.29) is 11.5 Å². The maximum absolute atomic E-state index is 11.3. The molecule has 0 bridgehead atoms. The zero-order valence-electron chi connectivity index (χ0n) is 10.7. The van der Waals surface area contributed by atoms with Gasteiger partial charge in [0.2, 0.25) is 0 Å². The number of H-pyrrole nitrogens is 1. The van der Waals surface area contributed by atoms with Crippen molar-refractivity contribution >= 4 is 5.78 Å². The van der Waals surface area contributed by atoms with Gasteiger partial charge in [0, 0.05) is 17.0 Å². The zero-order chi connectivity index (χ0) is 14.7. The van der Waals surface area contributed by atoms with Crippen LogP contribution < -0.4 is 0 Å². The Balaban J connectivity index is 2.91. The van der Waals surface area contributed by atoms with Gasteiger partial charge in [-0.25, -0.2) is 0 Å². The molecule has 7 heteroatoms. The number of carbonyl (C=O) groups excluding carboxylic acids is 1. The lowest BCUT2D eigenvalue weighted by molar-refractivity contribution is -0.117. The molecule has 0 radical (unpaired) electrons. The molecular formula is C12H19NO6. The molecule has 0 saturated heterocycles. The Hall–Kier alpha value is -1.25. The van der Waals surface area contributed by atoms with Crippen molar-refractivity contribution in [2.75, 3.05) is 6.61 Å². The minimum absolute atomic E-state index is 0.152. The summed E-state index contributed by atoms with van der Waals surface area (Å²) in [6.07, 6.45) is -6.47. The average molecular weight is 273 g/mol. The second kappa shape index (κ2) is 6.27. The van der Waals surface area contributed by atoms with Crippen LogP contribution in [0.1, 0.15) is 34.8 Å². The van der Waals surface area contributed by atoms with Crippen LogP contribution in [-0.4, -0.2) is 61.2 Å². The van der Waals surface area contributed by atoms with Gasteiger partial charge in [0.25, 0.3) is 0 Å². The van der Waals surface area contributed by atoms with E-state index in [1.54, 1.807) is 6.92 Å². The summed E-state index contributed by atoms with van der Waals surface area (Å²) in [5, 5.41) is 47.0. The maximum Gasteiger partial charge on any atom is 0.161 e. The number of hydrogen-bond donors (Lipinski definition) is 6. The highest BCUT2D eigenvalue weighted by Crippen LogP contribution is 2.22. The summed E-state index contributed by atoms with van der Waals surface area (Å²) in [7, 11) is 0. The molecule has 108 valence electrons. The van der Waals surface area contributed by atoms with Gasteiger partial charge in [-0.1, -0.05) is 0 Å². The van der Waals surface area contributed by atoms with Crippen LogP contribution in [0, 0.1) is 6.92 Å². The van der Waals surface area contributed by atoms with Crippen molar-refractivity contribution in [3.05, 3.63) is 23.0 Å². The Morgan fingerprint density at radius 3 is 2.26 bits per heavy atom. The first-order valence-corrected chi connectivity index (χ1v) is 5.83. The number of aromatic amines is 1. The number of Topliss-reactive ketones (excluding diaryl/α,β-unsaturated/α-hetero) is 1. The quantitative estimate of drug-likeness (QED) is 0.354. The number of rotatable bonds is 6. The smallest absolute Gasteiger partial charge is 0.161 e. The number of aliphatic hydroxyl groups excluding tert-OH is 5. The van der Waals surface area contributed by atoms with Crippen molar-refractivity contribution in [1.29, 1.82) is 0 Å². The molecule has 0 aliphatic heterocycles. The fourth-order valence-corrected chi connectivity index (χ4v) is 1.82. The molecule has 0 amide bonds. The highest BCUT2D eigenvalue weighted by Gasteiger charge is 2.32. The Kier molecular flexibility index (Phi) is 5.21. The molecule has 0 saturated carbocycles. The number of carbonyl (C=O) groups is 1. The number of hydrogen-bond acceptors (Lipinski definition) is 6. The molecule has 4 atom stereocenters. The number of aromatic nitrogens is 1. The minimum atomic E-state index is -1.70. The molecule has 1 aromatic heterocycles. The van der Waals surface area contributed by atoms with Gasteiger partial charge in [-0.3, -0.25) is 4.79 Å². The lowest BCUT2D eigenvalue weighted by Crippen LogP contribution is -2.42. The SMILES string of the molecule is CC(=O)c1cc(C(O)C(O)C(O)C(O)CO)[nH]c1C. The molecule has 1 heterocycles. The van der Waals surface area contributed by atoms with Gasteiger partial charge >= 0.3 is 0 Å². The number of ketones is 1. The van der Waals surface area contributed by atoms with Crippen LogP contribution in [0.3, 0.4) is 0 Å². The van der Waals surface area contributed by atoms with E-state index in [9.17, 15) is 25.2 Å². The van der Waals surface area contributed by atoms with E-state index in [2.05, 4.69) is 4.98 Å². The topological polar surface area (TPSA) is 134 Å². The summed E-state index contributed by atoms with van der Waals surface area (Å²) in [4.78, 5) is 14.0. The van der Waals surface area contributed by atoms with Crippen LogP contribution in [-0.2, 0) is 0 Å². The minimum Gasteiger partial charge on any atom is -0.394 e. The lowest BCUT2D eigenvalue weighted by Gasteiger charge is -2.25. The van der Waals surface area contributed by atoms with E-state index < -0.39 is 31.0 Å². The van der Waals surface area contributed by atoms with Crippen LogP contribution in [0.2, 0.25) is 0 Å². The average Bonchev–Trinajstić information content (AvgIpc) is 2.77. The number of nitrogens with one attached hydrogen (secondary N) is 1. The molecule has 0 spiro atoms. The third-order valence-corrected chi connectivity index (χ3v) is 2.99. The summed E-state index contributed by atoms with van der Waals surface area (Å²) < 4.78 is 0. The van der Waals surface area contributed by atoms with Crippen molar-refractivity contribution < 1.29 is 30.3 Å².